The average Bonchev–Trinajstić information content (AvgIpc) is 3.50. The summed E-state index contributed by atoms with van der Waals surface area (Å²) in [5, 5.41) is 16.3. The van der Waals surface area contributed by atoms with Crippen LogP contribution in [0.4, 0.5) is 27.8 Å². The van der Waals surface area contributed by atoms with Gasteiger partial charge in [-0.05, 0) is 74.2 Å². The summed E-state index contributed by atoms with van der Waals surface area (Å²) in [6.07, 6.45) is -6.85. The van der Waals surface area contributed by atoms with Crippen molar-refractivity contribution in [1.29, 1.82) is 0 Å². The number of fused-ring (bicyclic) bond motifs is 2. The number of hydrogen-bond acceptors (Lipinski definition) is 7. The van der Waals surface area contributed by atoms with Crippen molar-refractivity contribution in [3.05, 3.63) is 88.9 Å². The predicted octanol–water partition coefficient (Wildman–Crippen LogP) is 6.94. The topological polar surface area (TPSA) is 108 Å². The number of anilines is 1. The lowest BCUT2D eigenvalue weighted by molar-refractivity contribution is -0.286. The molecule has 14 heteroatoms. The number of rotatable bonds is 7. The van der Waals surface area contributed by atoms with Gasteiger partial charge in [-0.2, -0.15) is 18.3 Å². The summed E-state index contributed by atoms with van der Waals surface area (Å²) < 4.78 is 85.4. The fourth-order valence-corrected chi connectivity index (χ4v) is 5.19. The molecule has 2 aromatic carbocycles. The van der Waals surface area contributed by atoms with Gasteiger partial charge in [0.25, 0.3) is 0 Å². The van der Waals surface area contributed by atoms with Crippen molar-refractivity contribution in [3.63, 3.8) is 0 Å². The number of hydrogen-bond donors (Lipinski definition) is 2. The average molecular weight is 603 g/mol. The minimum Gasteiger partial charge on any atom is -0.484 e. The molecule has 224 valence electrons. The summed E-state index contributed by atoms with van der Waals surface area (Å²) in [6.45, 7) is 1.75. The van der Waals surface area contributed by atoms with Gasteiger partial charge in [-0.15, -0.1) is 8.78 Å². The van der Waals surface area contributed by atoms with E-state index in [1.165, 1.54) is 59.4 Å². The van der Waals surface area contributed by atoms with Gasteiger partial charge in [-0.3, -0.25) is 0 Å². The van der Waals surface area contributed by atoms with Crippen LogP contribution in [0, 0.1) is 0 Å². The second-order valence-electron chi connectivity index (χ2n) is 10.1. The highest BCUT2D eigenvalue weighted by Crippen LogP contribution is 2.43. The van der Waals surface area contributed by atoms with E-state index in [1.54, 1.807) is 13.0 Å². The number of ether oxygens (including phenoxy) is 3. The molecular weight excluding hydrogens is 579 g/mol. The van der Waals surface area contributed by atoms with Crippen molar-refractivity contribution in [3.8, 4) is 22.9 Å². The van der Waals surface area contributed by atoms with Gasteiger partial charge in [0.1, 0.15) is 17.7 Å². The zero-order chi connectivity index (χ0) is 30.5. The smallest absolute Gasteiger partial charge is 0.484 e. The summed E-state index contributed by atoms with van der Waals surface area (Å²) in [5.74, 6) is -0.736. The maximum absolute atomic E-state index is 14.1. The van der Waals surface area contributed by atoms with Crippen LogP contribution in [0.5, 0.6) is 17.2 Å². The molecule has 3 heterocycles. The van der Waals surface area contributed by atoms with Crippen LogP contribution in [0.15, 0.2) is 60.8 Å². The lowest BCUT2D eigenvalue weighted by atomic mass is 9.93. The molecule has 0 fully saturated rings. The van der Waals surface area contributed by atoms with E-state index in [0.717, 1.165) is 0 Å². The Morgan fingerprint density at radius 2 is 1.86 bits per heavy atom. The number of carbonyl (C=O) groups is 1. The normalized spacial score (nSPS) is 17.7. The molecule has 43 heavy (non-hydrogen) atoms. The van der Waals surface area contributed by atoms with Crippen LogP contribution in [-0.2, 0) is 12.6 Å². The number of nitrogens with zero attached hydrogens (tertiary/aromatic N) is 3. The van der Waals surface area contributed by atoms with Crippen LogP contribution < -0.4 is 19.5 Å². The van der Waals surface area contributed by atoms with Crippen LogP contribution >= 0.6 is 0 Å². The highest BCUT2D eigenvalue weighted by Gasteiger charge is 2.44. The number of aromatic nitrogens is 3. The van der Waals surface area contributed by atoms with Crippen LogP contribution in [0.1, 0.15) is 64.8 Å². The molecule has 2 aliphatic rings. The summed E-state index contributed by atoms with van der Waals surface area (Å²) in [4.78, 5) is 15.5. The third kappa shape index (κ3) is 5.64. The largest absolute Gasteiger partial charge is 0.586 e. The van der Waals surface area contributed by atoms with Crippen LogP contribution in [0.2, 0.25) is 0 Å². The minimum atomic E-state index is -4.71. The number of carboxylic acids is 1. The van der Waals surface area contributed by atoms with Crippen molar-refractivity contribution >= 4 is 11.8 Å². The monoisotopic (exact) mass is 602 g/mol. The fourth-order valence-electron chi connectivity index (χ4n) is 5.19. The third-order valence-corrected chi connectivity index (χ3v) is 7.15. The van der Waals surface area contributed by atoms with Crippen molar-refractivity contribution in [2.75, 3.05) is 5.32 Å². The Morgan fingerprint density at radius 1 is 1.12 bits per heavy atom. The van der Waals surface area contributed by atoms with E-state index in [9.17, 15) is 26.7 Å². The highest BCUT2D eigenvalue weighted by molar-refractivity contribution is 5.87. The van der Waals surface area contributed by atoms with E-state index >= 15 is 0 Å². The first-order valence-electron chi connectivity index (χ1n) is 13.2. The maximum Gasteiger partial charge on any atom is 0.586 e. The van der Waals surface area contributed by atoms with E-state index in [2.05, 4.69) is 24.9 Å². The Labute approximate surface area is 240 Å². The molecule has 0 spiro atoms. The van der Waals surface area contributed by atoms with Gasteiger partial charge in [0.05, 0.1) is 23.0 Å². The number of nitrogens with one attached hydrogen (secondary N) is 1. The molecule has 1 aliphatic carbocycles. The molecule has 0 amide bonds. The van der Waals surface area contributed by atoms with Crippen molar-refractivity contribution < 1.29 is 46.1 Å². The highest BCUT2D eigenvalue weighted by atomic mass is 19.4. The summed E-state index contributed by atoms with van der Waals surface area (Å²) in [5.41, 5.74) is 0.175. The van der Waals surface area contributed by atoms with Gasteiger partial charge >= 0.3 is 18.4 Å². The fraction of sp³-hybridized carbons (Fsp3) is 0.276. The molecule has 0 bridgehead atoms. The Hall–Kier alpha value is -4.88. The predicted molar refractivity (Wildman–Crippen MR) is 141 cm³/mol. The number of benzene rings is 2. The van der Waals surface area contributed by atoms with E-state index in [1.807, 2.05) is 0 Å². The lowest BCUT2D eigenvalue weighted by Crippen LogP contribution is -2.25. The molecule has 2 atom stereocenters. The van der Waals surface area contributed by atoms with Gasteiger partial charge in [0, 0.05) is 17.8 Å². The Bertz CT molecular complexity index is 1690. The van der Waals surface area contributed by atoms with E-state index < -0.39 is 36.3 Å². The molecule has 1 unspecified atom stereocenters. The summed E-state index contributed by atoms with van der Waals surface area (Å²) >= 11 is 0. The van der Waals surface area contributed by atoms with Gasteiger partial charge in [-0.25, -0.2) is 14.5 Å². The van der Waals surface area contributed by atoms with Gasteiger partial charge in [-0.1, -0.05) is 6.07 Å². The molecule has 2 aromatic heterocycles. The van der Waals surface area contributed by atoms with Crippen LogP contribution in [0.25, 0.3) is 5.69 Å². The summed E-state index contributed by atoms with van der Waals surface area (Å²) in [6, 6.07) is 12.5. The summed E-state index contributed by atoms with van der Waals surface area (Å²) in [7, 11) is 0. The number of alkyl halides is 5. The molecule has 9 nitrogen and oxygen atoms in total. The van der Waals surface area contributed by atoms with Crippen molar-refractivity contribution in [1.82, 2.24) is 14.8 Å². The molecular formula is C29H23F5N4O5. The Kier molecular flexibility index (Phi) is 6.86. The zero-order valence-electron chi connectivity index (χ0n) is 22.4. The number of carboxylic acid groups (broad SMARTS) is 1. The van der Waals surface area contributed by atoms with E-state index in [4.69, 9.17) is 9.84 Å². The first kappa shape index (κ1) is 28.2. The molecule has 0 saturated heterocycles. The number of halogens is 5. The maximum atomic E-state index is 14.1. The number of aromatic carboxylic acids is 1. The Balaban J connectivity index is 1.31. The second kappa shape index (κ2) is 10.4. The first-order chi connectivity index (χ1) is 20.4. The third-order valence-electron chi connectivity index (χ3n) is 7.15. The lowest BCUT2D eigenvalue weighted by Gasteiger charge is -2.26. The molecule has 0 radical (unpaired) electrons. The van der Waals surface area contributed by atoms with Crippen molar-refractivity contribution in [2.24, 2.45) is 0 Å². The van der Waals surface area contributed by atoms with Crippen LogP contribution in [-0.4, -0.2) is 32.1 Å². The SMILES string of the molecule is C[C@H](Nc1cc(-n2nc(C(F)(F)F)c3c2C(Oc2ccc(C(=O)O)cc2)CCC3)ccn1)c1ccc2c(c1)OC(F)(F)O2. The molecule has 6 rings (SSSR count). The molecule has 0 saturated carbocycles. The van der Waals surface area contributed by atoms with Gasteiger partial charge < -0.3 is 24.6 Å². The minimum absolute atomic E-state index is 0.0303. The van der Waals surface area contributed by atoms with Gasteiger partial charge in [0.15, 0.2) is 17.2 Å². The zero-order valence-corrected chi connectivity index (χ0v) is 22.4. The standard InChI is InChI=1S/C29H23F5N4O5/c1-15(17-7-10-21-23(13-17)43-29(33,34)42-21)36-24-14-18(11-12-35-24)38-25-20(26(37-38)28(30,31)32)3-2-4-22(25)41-19-8-5-16(6-9-19)27(39)40/h5-15,22H,2-4H2,1H3,(H,35,36)(H,39,40)/t15-,22?/m0/s1. The first-order valence-corrected chi connectivity index (χ1v) is 13.2. The van der Waals surface area contributed by atoms with E-state index in [0.29, 0.717) is 35.7 Å². The Morgan fingerprint density at radius 3 is 2.58 bits per heavy atom. The second-order valence-corrected chi connectivity index (χ2v) is 10.1. The quantitative estimate of drug-likeness (QED) is 0.219. The van der Waals surface area contributed by atoms with Crippen molar-refractivity contribution in [2.45, 2.75) is 50.8 Å². The molecule has 1 aliphatic heterocycles. The molecule has 4 aromatic rings. The van der Waals surface area contributed by atoms with Crippen LogP contribution in [0.3, 0.4) is 0 Å². The molecule has 2 N–H and O–H groups in total. The van der Waals surface area contributed by atoms with E-state index in [-0.39, 0.29) is 34.7 Å². The number of pyridine rings is 1. The van der Waals surface area contributed by atoms with Gasteiger partial charge in [0.2, 0.25) is 0 Å².